The summed E-state index contributed by atoms with van der Waals surface area (Å²) >= 11 is 0. The van der Waals surface area contributed by atoms with Crippen LogP contribution in [0.4, 0.5) is 4.39 Å². The van der Waals surface area contributed by atoms with Gasteiger partial charge >= 0.3 is 7.12 Å². The van der Waals surface area contributed by atoms with E-state index < -0.39 is 12.9 Å². The van der Waals surface area contributed by atoms with E-state index in [0.29, 0.717) is 0 Å². The van der Waals surface area contributed by atoms with Crippen molar-refractivity contribution in [2.24, 2.45) is 0 Å². The van der Waals surface area contributed by atoms with E-state index in [2.05, 4.69) is 0 Å². The number of hydroxylamine groups is 2. The zero-order valence-electron chi connectivity index (χ0n) is 7.57. The molecule has 0 aliphatic rings. The topological polar surface area (TPSA) is 32.7 Å². The molecule has 0 saturated carbocycles. The predicted molar refractivity (Wildman–Crippen MR) is 48.8 cm³/mol. The van der Waals surface area contributed by atoms with Crippen molar-refractivity contribution in [1.29, 1.82) is 0 Å². The van der Waals surface area contributed by atoms with Gasteiger partial charge in [0.15, 0.2) is 0 Å². The van der Waals surface area contributed by atoms with Gasteiger partial charge in [-0.1, -0.05) is 18.2 Å². The molecule has 0 fully saturated rings. The van der Waals surface area contributed by atoms with Crippen LogP contribution in [-0.2, 0) is 4.76 Å². The average Bonchev–Trinajstić information content (AvgIpc) is 2.03. The lowest BCUT2D eigenvalue weighted by molar-refractivity contribution is -0.0219. The van der Waals surface area contributed by atoms with Gasteiger partial charge in [-0.15, -0.1) is 0 Å². The van der Waals surface area contributed by atoms with Crippen molar-refractivity contribution in [3.8, 4) is 0 Å². The molecule has 0 bridgehead atoms. The maximum atomic E-state index is 13.0. The third-order valence-corrected chi connectivity index (χ3v) is 1.48. The van der Waals surface area contributed by atoms with Crippen LogP contribution in [0.3, 0.4) is 0 Å². The fraction of sp³-hybridized carbons (Fsp3) is 0.250. The predicted octanol–water partition coefficient (Wildman–Crippen LogP) is 0.00640. The molecule has 1 rings (SSSR count). The molecular weight excluding hydrogens is 172 g/mol. The molecule has 0 aromatic heterocycles. The second-order valence-corrected chi connectivity index (χ2v) is 2.79. The first-order chi connectivity index (χ1) is 6.11. The van der Waals surface area contributed by atoms with Crippen LogP contribution in [0.25, 0.3) is 0 Å². The van der Waals surface area contributed by atoms with Crippen molar-refractivity contribution in [2.75, 3.05) is 14.1 Å². The summed E-state index contributed by atoms with van der Waals surface area (Å²) in [4.78, 5) is 0. The number of hydrogen-bond acceptors (Lipinski definition) is 3. The third-order valence-electron chi connectivity index (χ3n) is 1.48. The lowest BCUT2D eigenvalue weighted by atomic mass is 9.79. The summed E-state index contributed by atoms with van der Waals surface area (Å²) in [6, 6.07) is 5.95. The van der Waals surface area contributed by atoms with Crippen molar-refractivity contribution < 1.29 is 14.2 Å². The molecule has 13 heavy (non-hydrogen) atoms. The highest BCUT2D eigenvalue weighted by molar-refractivity contribution is 6.59. The summed E-state index contributed by atoms with van der Waals surface area (Å²) in [5.41, 5.74) is 0.135. The van der Waals surface area contributed by atoms with Crippen LogP contribution in [0, 0.1) is 5.82 Å². The van der Waals surface area contributed by atoms with Crippen molar-refractivity contribution >= 4 is 12.6 Å². The Kier molecular flexibility index (Phi) is 3.42. The first kappa shape index (κ1) is 10.2. The number of hydrogen-bond donors (Lipinski definition) is 1. The minimum absolute atomic E-state index is 0.135. The molecule has 5 heteroatoms. The largest absolute Gasteiger partial charge is 0.511 e. The fourth-order valence-electron chi connectivity index (χ4n) is 0.932. The molecule has 0 aliphatic heterocycles. The molecule has 1 N–H and O–H groups in total. The highest BCUT2D eigenvalue weighted by Gasteiger charge is 2.21. The lowest BCUT2D eigenvalue weighted by Gasteiger charge is -2.13. The summed E-state index contributed by atoms with van der Waals surface area (Å²) in [6.45, 7) is 0. The van der Waals surface area contributed by atoms with E-state index >= 15 is 0 Å². The SMILES string of the molecule is CN(C)OB(O)c1ccccc1F. The van der Waals surface area contributed by atoms with E-state index in [9.17, 15) is 9.41 Å². The van der Waals surface area contributed by atoms with Crippen molar-refractivity contribution in [2.45, 2.75) is 0 Å². The van der Waals surface area contributed by atoms with E-state index in [1.165, 1.54) is 17.2 Å². The summed E-state index contributed by atoms with van der Waals surface area (Å²) in [5.74, 6) is -0.475. The van der Waals surface area contributed by atoms with Crippen molar-refractivity contribution in [3.63, 3.8) is 0 Å². The van der Waals surface area contributed by atoms with Crippen LogP contribution in [0.2, 0.25) is 0 Å². The molecule has 0 heterocycles. The number of halogens is 1. The van der Waals surface area contributed by atoms with E-state index in [-0.39, 0.29) is 5.46 Å². The van der Waals surface area contributed by atoms with Crippen LogP contribution >= 0.6 is 0 Å². The van der Waals surface area contributed by atoms with Gasteiger partial charge in [0.1, 0.15) is 5.82 Å². The molecule has 3 nitrogen and oxygen atoms in total. The van der Waals surface area contributed by atoms with Crippen molar-refractivity contribution in [1.82, 2.24) is 5.06 Å². The third kappa shape index (κ3) is 2.80. The lowest BCUT2D eigenvalue weighted by Crippen LogP contribution is -2.39. The molecule has 0 radical (unpaired) electrons. The minimum atomic E-state index is -1.25. The standard InChI is InChI=1S/C8H11BFNO2/c1-11(2)13-9(12)7-5-3-4-6-8(7)10/h3-6,12H,1-2H3. The van der Waals surface area contributed by atoms with E-state index in [0.717, 1.165) is 0 Å². The maximum absolute atomic E-state index is 13.0. The highest BCUT2D eigenvalue weighted by Crippen LogP contribution is 1.95. The number of nitrogens with zero attached hydrogens (tertiary/aromatic N) is 1. The van der Waals surface area contributed by atoms with Gasteiger partial charge < -0.3 is 9.78 Å². The molecule has 0 aliphatic carbocycles. The van der Waals surface area contributed by atoms with Gasteiger partial charge in [0.25, 0.3) is 0 Å². The smallest absolute Gasteiger partial charge is 0.422 e. The Morgan fingerprint density at radius 1 is 1.38 bits per heavy atom. The average molecular weight is 183 g/mol. The normalized spacial score (nSPS) is 10.5. The highest BCUT2D eigenvalue weighted by atomic mass is 19.1. The summed E-state index contributed by atoms with van der Waals surface area (Å²) in [6.07, 6.45) is 0. The van der Waals surface area contributed by atoms with Gasteiger partial charge in [-0.3, -0.25) is 0 Å². The molecule has 1 aromatic carbocycles. The van der Waals surface area contributed by atoms with Gasteiger partial charge in [0.2, 0.25) is 0 Å². The van der Waals surface area contributed by atoms with Gasteiger partial charge in [0, 0.05) is 19.6 Å². The second kappa shape index (κ2) is 4.36. The first-order valence-electron chi connectivity index (χ1n) is 3.88. The summed E-state index contributed by atoms with van der Waals surface area (Å²) < 4.78 is 17.9. The molecule has 0 saturated heterocycles. The van der Waals surface area contributed by atoms with Gasteiger partial charge in [-0.05, 0) is 6.07 Å². The molecule has 1 aromatic rings. The van der Waals surface area contributed by atoms with Crippen LogP contribution < -0.4 is 5.46 Å². The molecule has 70 valence electrons. The molecule has 0 spiro atoms. The monoisotopic (exact) mass is 183 g/mol. The molecular formula is C8H11BFNO2. The Bertz CT molecular complexity index is 283. The maximum Gasteiger partial charge on any atom is 0.511 e. The van der Waals surface area contributed by atoms with E-state index in [1.807, 2.05) is 0 Å². The Morgan fingerprint density at radius 3 is 2.54 bits per heavy atom. The van der Waals surface area contributed by atoms with Gasteiger partial charge in [-0.2, -0.15) is 0 Å². The van der Waals surface area contributed by atoms with Crippen LogP contribution in [-0.4, -0.2) is 31.3 Å². The molecule has 0 amide bonds. The Labute approximate surface area is 76.8 Å². The second-order valence-electron chi connectivity index (χ2n) is 2.79. The van der Waals surface area contributed by atoms with Crippen LogP contribution in [0.5, 0.6) is 0 Å². The number of rotatable bonds is 3. The van der Waals surface area contributed by atoms with Gasteiger partial charge in [0.05, 0.1) is 0 Å². The van der Waals surface area contributed by atoms with Crippen LogP contribution in [0.1, 0.15) is 0 Å². The Morgan fingerprint density at radius 2 is 2.00 bits per heavy atom. The quantitative estimate of drug-likeness (QED) is 0.529. The zero-order valence-corrected chi connectivity index (χ0v) is 7.57. The Hall–Kier alpha value is -0.905. The number of benzene rings is 1. The van der Waals surface area contributed by atoms with E-state index in [4.69, 9.17) is 4.76 Å². The minimum Gasteiger partial charge on any atom is -0.422 e. The molecule has 0 unspecified atom stereocenters. The summed E-state index contributed by atoms with van der Waals surface area (Å²) in [7, 11) is 1.98. The molecule has 0 atom stereocenters. The first-order valence-corrected chi connectivity index (χ1v) is 3.88. The van der Waals surface area contributed by atoms with E-state index in [1.54, 1.807) is 26.2 Å². The Balaban J connectivity index is 2.76. The zero-order chi connectivity index (χ0) is 9.84. The summed E-state index contributed by atoms with van der Waals surface area (Å²) in [5, 5.41) is 10.7. The van der Waals surface area contributed by atoms with Crippen LogP contribution in [0.15, 0.2) is 24.3 Å². The van der Waals surface area contributed by atoms with Gasteiger partial charge in [-0.25, -0.2) is 9.45 Å². The fourth-order valence-corrected chi connectivity index (χ4v) is 0.932. The van der Waals surface area contributed by atoms with Crippen molar-refractivity contribution in [3.05, 3.63) is 30.1 Å².